The van der Waals surface area contributed by atoms with Crippen LogP contribution in [0.25, 0.3) is 0 Å². The summed E-state index contributed by atoms with van der Waals surface area (Å²) in [5, 5.41) is 0. The van der Waals surface area contributed by atoms with Gasteiger partial charge in [-0.1, -0.05) is 89.9 Å². The Bertz CT molecular complexity index is 205. The molecule has 4 N–H and O–H groups in total. The summed E-state index contributed by atoms with van der Waals surface area (Å²) < 4.78 is 0. The van der Waals surface area contributed by atoms with Crippen LogP contribution in [0.1, 0.15) is 0 Å². The summed E-state index contributed by atoms with van der Waals surface area (Å²) in [4.78, 5) is 10.3. The minimum atomic E-state index is -2.92. The van der Waals surface area contributed by atoms with E-state index in [9.17, 15) is 0 Å². The molecule has 16 heavy (non-hydrogen) atoms. The van der Waals surface area contributed by atoms with Crippen molar-refractivity contribution in [3.63, 3.8) is 0 Å². The highest BCUT2D eigenvalue weighted by molar-refractivity contribution is 8.37. The first-order valence-corrected chi connectivity index (χ1v) is 17.5. The van der Waals surface area contributed by atoms with E-state index in [0.29, 0.717) is 0 Å². The molecule has 0 aromatic heterocycles. The third-order valence-electron chi connectivity index (χ3n) is 1.00. The highest BCUT2D eigenvalue weighted by Crippen LogP contribution is 2.90. The van der Waals surface area contributed by atoms with Crippen LogP contribution in [0.5, 0.6) is 0 Å². The van der Waals surface area contributed by atoms with Crippen LogP contribution >= 0.6 is 115 Å². The summed E-state index contributed by atoms with van der Waals surface area (Å²) in [5.41, 5.74) is 0. The summed E-state index contributed by atoms with van der Waals surface area (Å²) >= 11 is 47.4. The van der Waals surface area contributed by atoms with Crippen LogP contribution < -0.4 is 19.4 Å². The molecule has 0 amide bonds. The fraction of sp³-hybridized carbons (Fsp3) is 0. The van der Waals surface area contributed by atoms with E-state index < -0.39 is 25.1 Å². The molecule has 4 nitrogen and oxygen atoms in total. The van der Waals surface area contributed by atoms with Gasteiger partial charge >= 0.3 is 0 Å². The third kappa shape index (κ3) is 6.55. The zero-order valence-corrected chi connectivity index (χ0v) is 16.4. The molecule has 0 saturated carbocycles. The van der Waals surface area contributed by atoms with E-state index in [-0.39, 0.29) is 0 Å². The van der Waals surface area contributed by atoms with Crippen LogP contribution in [-0.2, 0) is 0 Å². The first-order valence-electron chi connectivity index (χ1n) is 3.14. The van der Waals surface area contributed by atoms with Gasteiger partial charge in [-0.15, -0.1) is 0 Å². The largest absolute Gasteiger partial charge is 0.211 e. The standard InChI is InChI=1S/Cl8H4N4P4/c1-13(2)9-14(3,4)11-16(7,8)12-15(5,6)10-13/h9-12H. The maximum absolute atomic E-state index is 5.93. The monoisotopic (exact) mass is 464 g/mol. The van der Waals surface area contributed by atoms with Crippen molar-refractivity contribution in [1.29, 1.82) is 0 Å². The number of nitrogens with one attached hydrogen (secondary N) is 4. The summed E-state index contributed by atoms with van der Waals surface area (Å²) in [6.45, 7) is 0. The molecule has 0 bridgehead atoms. The van der Waals surface area contributed by atoms with Crippen LogP contribution in [0.15, 0.2) is 0 Å². The topological polar surface area (TPSA) is 48.1 Å². The van der Waals surface area contributed by atoms with Crippen molar-refractivity contribution in [3.8, 4) is 0 Å². The Morgan fingerprint density at radius 1 is 0.375 bits per heavy atom. The Morgan fingerprint density at radius 3 is 0.625 bits per heavy atom. The molecule has 0 atom stereocenters. The summed E-state index contributed by atoms with van der Waals surface area (Å²) in [6, 6.07) is 0. The zero-order valence-electron chi connectivity index (χ0n) is 6.81. The van der Waals surface area contributed by atoms with Gasteiger partial charge in [-0.05, 0) is 0 Å². The SMILES string of the molecule is Cl[P]1(Cl)N[P](Cl)(Cl)N[P](Cl)(Cl)N[P](Cl)(Cl)N1. The Balaban J connectivity index is 2.98. The van der Waals surface area contributed by atoms with Crippen molar-refractivity contribution in [2.45, 2.75) is 0 Å². The minimum absolute atomic E-state index is 2.59. The Hall–Kier alpha value is 3.88. The maximum atomic E-state index is 5.93. The number of rotatable bonds is 0. The summed E-state index contributed by atoms with van der Waals surface area (Å²) in [5.74, 6) is 0. The van der Waals surface area contributed by atoms with Crippen LogP contribution in [0.4, 0.5) is 0 Å². The molecular weight excluding hydrogens is 464 g/mol. The number of hydrogen-bond acceptors (Lipinski definition) is 4. The van der Waals surface area contributed by atoms with Gasteiger partial charge in [0.15, 0.2) is 25.1 Å². The van der Waals surface area contributed by atoms with Gasteiger partial charge in [0, 0.05) is 0 Å². The van der Waals surface area contributed by atoms with Gasteiger partial charge in [-0.3, -0.25) is 0 Å². The molecule has 0 unspecified atom stereocenters. The average Bonchev–Trinajstić information content (AvgIpc) is 1.67. The molecule has 0 aromatic carbocycles. The van der Waals surface area contributed by atoms with Gasteiger partial charge in [0.05, 0.1) is 0 Å². The van der Waals surface area contributed by atoms with Gasteiger partial charge in [0.25, 0.3) is 0 Å². The highest BCUT2D eigenvalue weighted by Gasteiger charge is 2.47. The van der Waals surface area contributed by atoms with E-state index in [1.165, 1.54) is 0 Å². The van der Waals surface area contributed by atoms with Crippen molar-refractivity contribution in [2.24, 2.45) is 0 Å². The van der Waals surface area contributed by atoms with Crippen molar-refractivity contribution in [1.82, 2.24) is 19.4 Å². The molecule has 100 valence electrons. The quantitative estimate of drug-likeness (QED) is 0.290. The molecule has 0 spiro atoms. The van der Waals surface area contributed by atoms with E-state index in [1.807, 2.05) is 0 Å². The second-order valence-electron chi connectivity index (χ2n) is 2.46. The summed E-state index contributed by atoms with van der Waals surface area (Å²) in [6.07, 6.45) is -11.7. The van der Waals surface area contributed by atoms with Gasteiger partial charge in [0.1, 0.15) is 0 Å². The molecule has 1 rings (SSSR count). The first-order chi connectivity index (χ1) is 6.83. The van der Waals surface area contributed by atoms with E-state index in [0.717, 1.165) is 0 Å². The van der Waals surface area contributed by atoms with E-state index in [2.05, 4.69) is 19.4 Å². The highest BCUT2D eigenvalue weighted by atomic mass is 35.9. The van der Waals surface area contributed by atoms with Gasteiger partial charge in [-0.25, -0.2) is 19.4 Å². The van der Waals surface area contributed by atoms with E-state index >= 15 is 0 Å². The van der Waals surface area contributed by atoms with E-state index in [1.54, 1.807) is 0 Å². The van der Waals surface area contributed by atoms with Gasteiger partial charge in [-0.2, -0.15) is 0 Å². The molecular formula is H4Cl8N4P4. The molecule has 1 fully saturated rings. The predicted molar refractivity (Wildman–Crippen MR) is 87.0 cm³/mol. The minimum Gasteiger partial charge on any atom is -0.211 e. The van der Waals surface area contributed by atoms with Gasteiger partial charge in [0.2, 0.25) is 0 Å². The normalized spacial score (nSPS) is 31.5. The molecule has 1 heterocycles. The number of hydrogen-bond donors (Lipinski definition) is 4. The zero-order chi connectivity index (χ0) is 12.8. The first kappa shape index (κ1) is 17.9. The molecule has 1 saturated heterocycles. The molecule has 0 aromatic rings. The molecule has 1 aliphatic heterocycles. The Kier molecular flexibility index (Phi) is 6.66. The summed E-state index contributed by atoms with van der Waals surface area (Å²) in [7, 11) is 0. The van der Waals surface area contributed by atoms with Gasteiger partial charge < -0.3 is 0 Å². The second kappa shape index (κ2) is 5.94. The van der Waals surface area contributed by atoms with Crippen LogP contribution in [0.3, 0.4) is 0 Å². The van der Waals surface area contributed by atoms with E-state index in [4.69, 9.17) is 89.9 Å². The lowest BCUT2D eigenvalue weighted by atomic mass is 13.8. The lowest BCUT2D eigenvalue weighted by molar-refractivity contribution is 1.39. The lowest BCUT2D eigenvalue weighted by Gasteiger charge is -2.45. The van der Waals surface area contributed by atoms with Crippen LogP contribution in [0, 0.1) is 0 Å². The number of halogens is 8. The Labute approximate surface area is 133 Å². The van der Waals surface area contributed by atoms with Crippen molar-refractivity contribution < 1.29 is 0 Å². The molecule has 0 aliphatic carbocycles. The average molecular weight is 468 g/mol. The molecule has 4 radical (unpaired) electrons. The van der Waals surface area contributed by atoms with Crippen molar-refractivity contribution in [3.05, 3.63) is 0 Å². The predicted octanol–water partition coefficient (Wildman–Crippen LogP) is 6.98. The Morgan fingerprint density at radius 2 is 0.500 bits per heavy atom. The second-order valence-corrected chi connectivity index (χ2v) is 24.0. The fourth-order valence-electron chi connectivity index (χ4n) is 0.720. The van der Waals surface area contributed by atoms with Crippen LogP contribution in [-0.4, -0.2) is 0 Å². The van der Waals surface area contributed by atoms with Crippen molar-refractivity contribution in [2.75, 3.05) is 0 Å². The van der Waals surface area contributed by atoms with Crippen LogP contribution in [0.2, 0.25) is 0 Å². The lowest BCUT2D eigenvalue weighted by Crippen LogP contribution is -2.31. The molecule has 16 heteroatoms. The third-order valence-corrected chi connectivity index (χ3v) is 19.9. The fourth-order valence-corrected chi connectivity index (χ4v) is 30.0. The molecule has 1 aliphatic rings. The smallest absolute Gasteiger partial charge is 0.174 e. The van der Waals surface area contributed by atoms with Crippen molar-refractivity contribution >= 4 is 115 Å². The maximum Gasteiger partial charge on any atom is 0.174 e.